The van der Waals surface area contributed by atoms with Gasteiger partial charge in [0.15, 0.2) is 5.84 Å². The van der Waals surface area contributed by atoms with E-state index in [-0.39, 0.29) is 11.7 Å². The summed E-state index contributed by atoms with van der Waals surface area (Å²) in [6.45, 7) is 5.64. The Balaban J connectivity index is 3.17. The van der Waals surface area contributed by atoms with E-state index in [2.05, 4.69) is 10.5 Å². The predicted molar refractivity (Wildman–Crippen MR) is 81.9 cm³/mol. The van der Waals surface area contributed by atoms with Gasteiger partial charge >= 0.3 is 0 Å². The van der Waals surface area contributed by atoms with E-state index in [1.54, 1.807) is 12.1 Å². The van der Waals surface area contributed by atoms with Gasteiger partial charge in [-0.15, -0.1) is 0 Å². The van der Waals surface area contributed by atoms with Crippen LogP contribution in [-0.4, -0.2) is 29.6 Å². The van der Waals surface area contributed by atoms with Gasteiger partial charge in [-0.25, -0.2) is 0 Å². The molecule has 21 heavy (non-hydrogen) atoms. The highest BCUT2D eigenvalue weighted by molar-refractivity contribution is 6.02. The van der Waals surface area contributed by atoms with Crippen LogP contribution in [0, 0.1) is 6.92 Å². The number of nitrogens with one attached hydrogen (secondary N) is 1. The van der Waals surface area contributed by atoms with Crippen molar-refractivity contribution < 1.29 is 14.7 Å². The van der Waals surface area contributed by atoms with Crippen molar-refractivity contribution in [2.75, 3.05) is 7.11 Å². The fourth-order valence-corrected chi connectivity index (χ4v) is 2.23. The Bertz CT molecular complexity index is 537. The van der Waals surface area contributed by atoms with Crippen molar-refractivity contribution in [1.82, 2.24) is 5.32 Å². The van der Waals surface area contributed by atoms with Crippen molar-refractivity contribution in [3.05, 3.63) is 29.3 Å². The summed E-state index contributed by atoms with van der Waals surface area (Å²) in [5.41, 5.74) is 6.25. The van der Waals surface area contributed by atoms with Gasteiger partial charge < -0.3 is 21.0 Å². The number of oxime groups is 1. The quantitative estimate of drug-likeness (QED) is 0.323. The molecule has 0 saturated heterocycles. The number of amidine groups is 1. The Kier molecular flexibility index (Phi) is 5.58. The van der Waals surface area contributed by atoms with Crippen LogP contribution in [0.3, 0.4) is 0 Å². The molecule has 0 unspecified atom stereocenters. The third-order valence-corrected chi connectivity index (χ3v) is 3.76. The summed E-state index contributed by atoms with van der Waals surface area (Å²) in [6, 6.07) is 5.36. The molecule has 6 nitrogen and oxygen atoms in total. The smallest absolute Gasteiger partial charge is 0.255 e. The largest absolute Gasteiger partial charge is 0.496 e. The summed E-state index contributed by atoms with van der Waals surface area (Å²) in [5, 5.41) is 14.9. The fourth-order valence-electron chi connectivity index (χ4n) is 2.23. The molecule has 0 saturated carbocycles. The van der Waals surface area contributed by atoms with Gasteiger partial charge in [0.05, 0.1) is 12.7 Å². The highest BCUT2D eigenvalue weighted by Gasteiger charge is 2.34. The van der Waals surface area contributed by atoms with Crippen LogP contribution in [0.2, 0.25) is 0 Å². The molecule has 1 aromatic rings. The van der Waals surface area contributed by atoms with Crippen LogP contribution in [-0.2, 0) is 0 Å². The lowest BCUT2D eigenvalue weighted by Crippen LogP contribution is -2.56. The lowest BCUT2D eigenvalue weighted by atomic mass is 9.90. The van der Waals surface area contributed by atoms with E-state index < -0.39 is 5.54 Å². The molecule has 4 N–H and O–H groups in total. The minimum Gasteiger partial charge on any atom is -0.496 e. The first-order chi connectivity index (χ1) is 9.93. The Morgan fingerprint density at radius 1 is 1.43 bits per heavy atom. The number of methoxy groups -OCH3 is 1. The summed E-state index contributed by atoms with van der Waals surface area (Å²) in [5.74, 6) is 0.164. The van der Waals surface area contributed by atoms with Crippen LogP contribution in [0.15, 0.2) is 23.4 Å². The lowest BCUT2D eigenvalue weighted by molar-refractivity contribution is 0.0914. The number of aryl methyl sites for hydroxylation is 1. The Hall–Kier alpha value is -2.24. The molecule has 1 rings (SSSR count). The average Bonchev–Trinajstić information content (AvgIpc) is 2.51. The normalized spacial score (nSPS) is 12.1. The fraction of sp³-hybridized carbons (Fsp3) is 0.467. The number of rotatable bonds is 6. The maximum absolute atomic E-state index is 12.5. The molecule has 1 aromatic carbocycles. The molecular weight excluding hydrogens is 270 g/mol. The van der Waals surface area contributed by atoms with Gasteiger partial charge in [-0.05, 0) is 31.9 Å². The van der Waals surface area contributed by atoms with Crippen LogP contribution in [0.25, 0.3) is 0 Å². The van der Waals surface area contributed by atoms with Crippen molar-refractivity contribution in [3.63, 3.8) is 0 Å². The number of carbonyl (C=O) groups is 1. The molecule has 0 aromatic heterocycles. The molecule has 0 aliphatic carbocycles. The SMILES string of the molecule is CCC(CC)(NC(=O)c1cc(C)ccc1OC)C(N)=NO. The van der Waals surface area contributed by atoms with Gasteiger partial charge in [-0.3, -0.25) is 4.79 Å². The molecule has 0 aliphatic rings. The summed E-state index contributed by atoms with van der Waals surface area (Å²) in [6.07, 6.45) is 1.03. The first kappa shape index (κ1) is 16.8. The van der Waals surface area contributed by atoms with Gasteiger partial charge in [0.25, 0.3) is 5.91 Å². The number of nitrogens with zero attached hydrogens (tertiary/aromatic N) is 1. The number of hydrogen-bond acceptors (Lipinski definition) is 4. The second-order valence-electron chi connectivity index (χ2n) is 4.93. The van der Waals surface area contributed by atoms with Crippen molar-refractivity contribution in [3.8, 4) is 5.75 Å². The topological polar surface area (TPSA) is 96.9 Å². The maximum atomic E-state index is 12.5. The van der Waals surface area contributed by atoms with Gasteiger partial charge in [0.1, 0.15) is 11.3 Å². The van der Waals surface area contributed by atoms with Crippen LogP contribution in [0.5, 0.6) is 5.75 Å². The molecule has 0 atom stereocenters. The molecule has 0 aliphatic heterocycles. The monoisotopic (exact) mass is 293 g/mol. The number of ether oxygens (including phenoxy) is 1. The second kappa shape index (κ2) is 6.97. The molecular formula is C15H23N3O3. The Morgan fingerprint density at radius 3 is 2.52 bits per heavy atom. The van der Waals surface area contributed by atoms with E-state index in [0.29, 0.717) is 24.2 Å². The molecule has 0 spiro atoms. The van der Waals surface area contributed by atoms with Crippen LogP contribution in [0.1, 0.15) is 42.6 Å². The zero-order chi connectivity index (χ0) is 16.0. The Labute approximate surface area is 125 Å². The maximum Gasteiger partial charge on any atom is 0.255 e. The van der Waals surface area contributed by atoms with Crippen molar-refractivity contribution >= 4 is 11.7 Å². The third kappa shape index (κ3) is 3.45. The average molecular weight is 293 g/mol. The molecule has 116 valence electrons. The summed E-state index contributed by atoms with van der Waals surface area (Å²) >= 11 is 0. The summed E-state index contributed by atoms with van der Waals surface area (Å²) < 4.78 is 5.22. The van der Waals surface area contributed by atoms with Gasteiger partial charge in [-0.1, -0.05) is 30.6 Å². The number of carbonyl (C=O) groups excluding carboxylic acids is 1. The third-order valence-electron chi connectivity index (χ3n) is 3.76. The van der Waals surface area contributed by atoms with E-state index in [0.717, 1.165) is 5.56 Å². The van der Waals surface area contributed by atoms with Crippen LogP contribution in [0.4, 0.5) is 0 Å². The molecule has 0 heterocycles. The van der Waals surface area contributed by atoms with Gasteiger partial charge in [0, 0.05) is 0 Å². The molecule has 1 amide bonds. The summed E-state index contributed by atoms with van der Waals surface area (Å²) in [7, 11) is 1.51. The van der Waals surface area contributed by atoms with Crippen molar-refractivity contribution in [2.24, 2.45) is 10.9 Å². The lowest BCUT2D eigenvalue weighted by Gasteiger charge is -2.31. The van der Waals surface area contributed by atoms with Gasteiger partial charge in [0.2, 0.25) is 0 Å². The standard InChI is InChI=1S/C15H23N3O3/c1-5-15(6-2,14(16)18-20)17-13(19)11-9-10(3)7-8-12(11)21-4/h7-9,20H,5-6H2,1-4H3,(H2,16,18)(H,17,19). The molecule has 0 radical (unpaired) electrons. The minimum atomic E-state index is -0.874. The van der Waals surface area contributed by atoms with E-state index >= 15 is 0 Å². The van der Waals surface area contributed by atoms with E-state index in [4.69, 9.17) is 15.7 Å². The van der Waals surface area contributed by atoms with Crippen LogP contribution < -0.4 is 15.8 Å². The first-order valence-electron chi connectivity index (χ1n) is 6.89. The van der Waals surface area contributed by atoms with E-state index in [1.807, 2.05) is 26.8 Å². The zero-order valence-corrected chi connectivity index (χ0v) is 12.9. The van der Waals surface area contributed by atoms with E-state index in [9.17, 15) is 4.79 Å². The molecule has 0 bridgehead atoms. The van der Waals surface area contributed by atoms with E-state index in [1.165, 1.54) is 7.11 Å². The highest BCUT2D eigenvalue weighted by atomic mass is 16.5. The van der Waals surface area contributed by atoms with Crippen molar-refractivity contribution in [2.45, 2.75) is 39.2 Å². The van der Waals surface area contributed by atoms with Gasteiger partial charge in [-0.2, -0.15) is 0 Å². The van der Waals surface area contributed by atoms with Crippen LogP contribution >= 0.6 is 0 Å². The Morgan fingerprint density at radius 2 is 2.05 bits per heavy atom. The zero-order valence-electron chi connectivity index (χ0n) is 12.9. The molecule has 6 heteroatoms. The summed E-state index contributed by atoms with van der Waals surface area (Å²) in [4.78, 5) is 12.5. The number of amides is 1. The number of hydrogen-bond donors (Lipinski definition) is 3. The predicted octanol–water partition coefficient (Wildman–Crippen LogP) is 2.04. The first-order valence-corrected chi connectivity index (χ1v) is 6.89. The molecule has 0 fully saturated rings. The van der Waals surface area contributed by atoms with Crippen molar-refractivity contribution in [1.29, 1.82) is 0 Å². The second-order valence-corrected chi connectivity index (χ2v) is 4.93. The highest BCUT2D eigenvalue weighted by Crippen LogP contribution is 2.22. The number of benzene rings is 1. The number of nitrogens with two attached hydrogens (primary N) is 1. The minimum absolute atomic E-state index is 0.00697.